The van der Waals surface area contributed by atoms with Gasteiger partial charge in [0.25, 0.3) is 0 Å². The molecule has 0 aromatic heterocycles. The number of hydrogen-bond acceptors (Lipinski definition) is 1. The molecule has 2 saturated heterocycles. The summed E-state index contributed by atoms with van der Waals surface area (Å²) in [6.45, 7) is 0. The summed E-state index contributed by atoms with van der Waals surface area (Å²) in [5.74, 6) is 0. The Morgan fingerprint density at radius 2 is 1.54 bits per heavy atom. The van der Waals surface area contributed by atoms with Crippen LogP contribution in [0.15, 0.2) is 0 Å². The standard InChI is InChI=1S/C8H12N.3ClH.Ti/c1-9-7-3-2-4-8(9)6-5-7;;;;/h2-4,7-8H,5-6H2,1H3;3*1H;/q;;;;+4/p-3/t7-,8+;;;;. The molecule has 2 fully saturated rings. The molecule has 1 nitrogen and oxygen atoms in total. The minimum atomic E-state index is -1.92. The number of halogens is 3. The maximum absolute atomic E-state index is 4.97. The zero-order valence-corrected chi connectivity index (χ0v) is 11.2. The fraction of sp³-hybridized carbons (Fsp3) is 0.625. The van der Waals surface area contributed by atoms with E-state index in [1.165, 1.54) is 12.8 Å². The van der Waals surface area contributed by atoms with E-state index in [-0.39, 0.29) is 0 Å². The minimum absolute atomic E-state index is 0.750. The summed E-state index contributed by atoms with van der Waals surface area (Å²) < 4.78 is 0. The Kier molecular flexibility index (Phi) is 6.01. The van der Waals surface area contributed by atoms with Gasteiger partial charge in [0.2, 0.25) is 0 Å². The van der Waals surface area contributed by atoms with E-state index in [1.54, 1.807) is 0 Å². The van der Waals surface area contributed by atoms with Crippen molar-refractivity contribution in [2.24, 2.45) is 0 Å². The van der Waals surface area contributed by atoms with Crippen LogP contribution in [-0.2, 0) is 14.7 Å². The SMILES string of the molecule is CN1[C@@H]2[CH][CH][CH][C@H]1CC2.[Cl][Ti+]([Cl])[Cl]. The van der Waals surface area contributed by atoms with E-state index < -0.39 is 14.7 Å². The first-order chi connectivity index (χ1) is 6.11. The van der Waals surface area contributed by atoms with Gasteiger partial charge in [-0.15, -0.1) is 0 Å². The maximum atomic E-state index is 4.97. The van der Waals surface area contributed by atoms with Crippen LogP contribution in [0.25, 0.3) is 0 Å². The second kappa shape index (κ2) is 6.20. The average Bonchev–Trinajstić information content (AvgIpc) is 2.31. The molecule has 2 aliphatic heterocycles. The van der Waals surface area contributed by atoms with Crippen molar-refractivity contribution >= 4 is 27.9 Å². The summed E-state index contributed by atoms with van der Waals surface area (Å²) in [5, 5.41) is 0. The van der Waals surface area contributed by atoms with Crippen molar-refractivity contribution in [2.75, 3.05) is 7.05 Å². The van der Waals surface area contributed by atoms with Crippen molar-refractivity contribution in [2.45, 2.75) is 24.9 Å². The molecule has 3 radical (unpaired) electrons. The molecule has 0 N–H and O–H groups in total. The third-order valence-electron chi connectivity index (χ3n) is 2.47. The molecule has 2 heterocycles. The van der Waals surface area contributed by atoms with Crippen LogP contribution in [0.1, 0.15) is 12.8 Å². The fourth-order valence-electron chi connectivity index (χ4n) is 1.78. The number of hydrogen-bond donors (Lipinski definition) is 0. The summed E-state index contributed by atoms with van der Waals surface area (Å²) in [5.41, 5.74) is 0. The van der Waals surface area contributed by atoms with E-state index >= 15 is 0 Å². The molecule has 2 atom stereocenters. The molecule has 0 saturated carbocycles. The summed E-state index contributed by atoms with van der Waals surface area (Å²) in [6, 6.07) is 1.50. The van der Waals surface area contributed by atoms with Gasteiger partial charge in [-0.1, -0.05) is 0 Å². The van der Waals surface area contributed by atoms with Crippen molar-refractivity contribution in [3.8, 4) is 0 Å². The van der Waals surface area contributed by atoms with Gasteiger partial charge in [0.15, 0.2) is 0 Å². The molecular weight excluding hydrogens is 264 g/mol. The molecule has 5 heteroatoms. The van der Waals surface area contributed by atoms with Crippen LogP contribution in [-0.4, -0.2) is 24.0 Å². The van der Waals surface area contributed by atoms with Gasteiger partial charge in [-0.05, 0) is 39.2 Å². The Balaban J connectivity index is 0.000000184. The molecule has 0 spiro atoms. The topological polar surface area (TPSA) is 3.24 Å². The van der Waals surface area contributed by atoms with Gasteiger partial charge in [-0.3, -0.25) is 4.90 Å². The number of rotatable bonds is 0. The molecule has 13 heavy (non-hydrogen) atoms. The molecule has 73 valence electrons. The van der Waals surface area contributed by atoms with Crippen LogP contribution in [0.5, 0.6) is 0 Å². The molecule has 0 aromatic carbocycles. The Morgan fingerprint density at radius 3 is 1.85 bits per heavy atom. The number of fused-ring (bicyclic) bond motifs is 2. The van der Waals surface area contributed by atoms with Crippen molar-refractivity contribution in [1.29, 1.82) is 0 Å². The van der Waals surface area contributed by atoms with Gasteiger partial charge >= 0.3 is 42.6 Å². The first-order valence-corrected chi connectivity index (χ1v) is 10.6. The fourth-order valence-corrected chi connectivity index (χ4v) is 1.78. The van der Waals surface area contributed by atoms with Crippen LogP contribution in [0.3, 0.4) is 0 Å². The molecule has 0 aromatic rings. The third-order valence-corrected chi connectivity index (χ3v) is 2.47. The second-order valence-electron chi connectivity index (χ2n) is 3.17. The summed E-state index contributed by atoms with van der Waals surface area (Å²) >= 11 is -1.92. The first kappa shape index (κ1) is 12.6. The first-order valence-electron chi connectivity index (χ1n) is 4.18. The van der Waals surface area contributed by atoms with Gasteiger partial charge in [-0.2, -0.15) is 0 Å². The van der Waals surface area contributed by atoms with Gasteiger partial charge in [0.1, 0.15) is 0 Å². The van der Waals surface area contributed by atoms with Crippen LogP contribution < -0.4 is 0 Å². The molecular formula is C8H12Cl3NTi+. The van der Waals surface area contributed by atoms with Crippen LogP contribution in [0.4, 0.5) is 0 Å². The average molecular weight is 276 g/mol. The Labute approximate surface area is 98.2 Å². The summed E-state index contributed by atoms with van der Waals surface area (Å²) in [4.78, 5) is 2.44. The number of nitrogens with zero attached hydrogens (tertiary/aromatic N) is 1. The Morgan fingerprint density at radius 1 is 1.15 bits per heavy atom. The summed E-state index contributed by atoms with van der Waals surface area (Å²) in [7, 11) is 17.1. The predicted octanol–water partition coefficient (Wildman–Crippen LogP) is 3.14. The van der Waals surface area contributed by atoms with Gasteiger partial charge < -0.3 is 0 Å². The van der Waals surface area contributed by atoms with E-state index in [2.05, 4.69) is 31.2 Å². The quantitative estimate of drug-likeness (QED) is 0.614. The van der Waals surface area contributed by atoms with Crippen LogP contribution in [0.2, 0.25) is 0 Å². The predicted molar refractivity (Wildman–Crippen MR) is 55.0 cm³/mol. The molecule has 2 bridgehead atoms. The van der Waals surface area contributed by atoms with Gasteiger partial charge in [0.05, 0.1) is 0 Å². The molecule has 0 amide bonds. The number of piperidine rings is 1. The zero-order chi connectivity index (χ0) is 9.84. The van der Waals surface area contributed by atoms with Crippen molar-refractivity contribution in [1.82, 2.24) is 4.90 Å². The summed E-state index contributed by atoms with van der Waals surface area (Å²) in [6.07, 6.45) is 9.51. The third kappa shape index (κ3) is 4.28. The van der Waals surface area contributed by atoms with E-state index in [1.807, 2.05) is 0 Å². The van der Waals surface area contributed by atoms with Gasteiger partial charge in [0, 0.05) is 12.1 Å². The van der Waals surface area contributed by atoms with Crippen LogP contribution >= 0.6 is 27.9 Å². The van der Waals surface area contributed by atoms with Crippen LogP contribution in [0, 0.1) is 19.3 Å². The van der Waals surface area contributed by atoms with Crippen molar-refractivity contribution in [3.05, 3.63) is 19.3 Å². The molecule has 0 aliphatic carbocycles. The monoisotopic (exact) mass is 275 g/mol. The van der Waals surface area contributed by atoms with Gasteiger partial charge in [-0.25, -0.2) is 0 Å². The molecule has 2 rings (SSSR count). The van der Waals surface area contributed by atoms with E-state index in [0.717, 1.165) is 12.1 Å². The molecule has 0 unspecified atom stereocenters. The second-order valence-corrected chi connectivity index (χ2v) is 10.9. The van der Waals surface area contributed by atoms with E-state index in [4.69, 9.17) is 27.9 Å². The van der Waals surface area contributed by atoms with Crippen molar-refractivity contribution in [3.63, 3.8) is 0 Å². The zero-order valence-electron chi connectivity index (χ0n) is 7.38. The van der Waals surface area contributed by atoms with E-state index in [0.29, 0.717) is 0 Å². The molecule has 2 aliphatic rings. The Bertz CT molecular complexity index is 138. The van der Waals surface area contributed by atoms with Crippen molar-refractivity contribution < 1.29 is 14.7 Å². The van der Waals surface area contributed by atoms with E-state index in [9.17, 15) is 0 Å². The normalized spacial score (nSPS) is 32.3. The Hall–Kier alpha value is 1.54.